The Hall–Kier alpha value is -4.46. The molecule has 0 atom stereocenters. The maximum absolute atomic E-state index is 12.6. The van der Waals surface area contributed by atoms with Crippen LogP contribution in [0.15, 0.2) is 24.3 Å². The summed E-state index contributed by atoms with van der Waals surface area (Å²) in [5, 5.41) is 33.3. The van der Waals surface area contributed by atoms with E-state index in [2.05, 4.69) is 0 Å². The molecule has 34 heavy (non-hydrogen) atoms. The van der Waals surface area contributed by atoms with Crippen LogP contribution in [0.1, 0.15) is 31.8 Å². The van der Waals surface area contributed by atoms with Gasteiger partial charge in [-0.2, -0.15) is 0 Å². The van der Waals surface area contributed by atoms with Crippen LogP contribution in [0.25, 0.3) is 32.7 Å². The summed E-state index contributed by atoms with van der Waals surface area (Å²) in [4.78, 5) is 24.4. The van der Waals surface area contributed by atoms with E-state index in [0.29, 0.717) is 50.4 Å². The van der Waals surface area contributed by atoms with Crippen molar-refractivity contribution in [3.63, 3.8) is 0 Å². The van der Waals surface area contributed by atoms with Gasteiger partial charge in [0, 0.05) is 21.9 Å². The second kappa shape index (κ2) is 7.28. The maximum atomic E-state index is 12.6. The van der Waals surface area contributed by atoms with Gasteiger partial charge >= 0.3 is 5.97 Å². The van der Waals surface area contributed by atoms with Gasteiger partial charge in [0.25, 0.3) is 0 Å². The van der Waals surface area contributed by atoms with E-state index < -0.39 is 5.97 Å². The monoisotopic (exact) mass is 460 g/mol. The Labute approximate surface area is 193 Å². The Morgan fingerprint density at radius 1 is 0.794 bits per heavy atom. The summed E-state index contributed by atoms with van der Waals surface area (Å²) < 4.78 is 16.6. The first-order valence-electron chi connectivity index (χ1n) is 10.4. The Morgan fingerprint density at radius 3 is 1.94 bits per heavy atom. The highest BCUT2D eigenvalue weighted by Crippen LogP contribution is 2.55. The number of fused-ring (bicyclic) bond motifs is 1. The zero-order chi connectivity index (χ0) is 24.5. The Bertz CT molecular complexity index is 1560. The molecule has 5 rings (SSSR count). The van der Waals surface area contributed by atoms with Crippen molar-refractivity contribution in [2.75, 3.05) is 14.2 Å². The topological polar surface area (TPSA) is 123 Å². The van der Waals surface area contributed by atoms with Crippen LogP contribution in [-0.2, 0) is 0 Å². The number of phenolic OH excluding ortho intramolecular Hbond substituents is 3. The smallest absolute Gasteiger partial charge is 0.348 e. The SMILES string of the molecule is COc1c(C)c(-c2c(C)c(OC)c3c4c(c(O)ccc24)C(=O)O3)c2ccc(O)c(C=O)c2c1O. The third-order valence-electron chi connectivity index (χ3n) is 6.44. The number of aromatic hydroxyl groups is 3. The zero-order valence-electron chi connectivity index (χ0n) is 18.8. The van der Waals surface area contributed by atoms with Crippen LogP contribution in [0.3, 0.4) is 0 Å². The van der Waals surface area contributed by atoms with Gasteiger partial charge in [0.15, 0.2) is 29.3 Å². The molecule has 1 aliphatic rings. The van der Waals surface area contributed by atoms with Gasteiger partial charge in [0.05, 0.1) is 19.8 Å². The van der Waals surface area contributed by atoms with Gasteiger partial charge < -0.3 is 29.5 Å². The molecule has 0 aromatic heterocycles. The molecule has 8 heteroatoms. The third-order valence-corrected chi connectivity index (χ3v) is 6.44. The lowest BCUT2D eigenvalue weighted by Crippen LogP contribution is -2.02. The molecule has 0 aliphatic carbocycles. The van der Waals surface area contributed by atoms with Gasteiger partial charge in [-0.25, -0.2) is 4.79 Å². The number of phenols is 3. The zero-order valence-corrected chi connectivity index (χ0v) is 18.8. The van der Waals surface area contributed by atoms with Crippen molar-refractivity contribution in [1.82, 2.24) is 0 Å². The summed E-state index contributed by atoms with van der Waals surface area (Å²) in [6.07, 6.45) is 0.474. The van der Waals surface area contributed by atoms with Gasteiger partial charge in [-0.1, -0.05) is 0 Å². The molecule has 0 saturated heterocycles. The molecule has 4 aromatic carbocycles. The van der Waals surface area contributed by atoms with Crippen LogP contribution in [0.5, 0.6) is 34.5 Å². The van der Waals surface area contributed by atoms with E-state index >= 15 is 0 Å². The Balaban J connectivity index is 2.09. The van der Waals surface area contributed by atoms with E-state index in [1.165, 1.54) is 26.4 Å². The second-order valence-electron chi connectivity index (χ2n) is 8.05. The highest BCUT2D eigenvalue weighted by molar-refractivity contribution is 6.22. The van der Waals surface area contributed by atoms with Crippen molar-refractivity contribution in [3.8, 4) is 45.6 Å². The number of rotatable bonds is 4. The van der Waals surface area contributed by atoms with E-state index in [0.717, 1.165) is 0 Å². The standard InChI is InChI=1S/C26H20O8/c1-10-17(12-5-7-15(28)14(9-27)19(12)22(30)23(10)32-3)18-11(2)24(33-4)25-20-13(18)6-8-16(29)21(20)26(31)34-25/h5-9,28-30H,1-4H3. The highest BCUT2D eigenvalue weighted by atomic mass is 16.6. The molecule has 4 aromatic rings. The molecular formula is C26H20O8. The fraction of sp³-hybridized carbons (Fsp3) is 0.154. The van der Waals surface area contributed by atoms with Crippen molar-refractivity contribution in [2.24, 2.45) is 0 Å². The Morgan fingerprint density at radius 2 is 1.35 bits per heavy atom. The van der Waals surface area contributed by atoms with E-state index in [4.69, 9.17) is 14.2 Å². The molecule has 0 bridgehead atoms. The average Bonchev–Trinajstić information content (AvgIpc) is 3.16. The molecule has 0 saturated carbocycles. The molecule has 1 aliphatic heterocycles. The Kier molecular flexibility index (Phi) is 4.58. The number of ether oxygens (including phenoxy) is 3. The quantitative estimate of drug-likeness (QED) is 0.226. The van der Waals surface area contributed by atoms with Crippen molar-refractivity contribution in [3.05, 3.63) is 46.5 Å². The average molecular weight is 460 g/mol. The van der Waals surface area contributed by atoms with Gasteiger partial charge in [-0.3, -0.25) is 4.79 Å². The van der Waals surface area contributed by atoms with Crippen LogP contribution in [0, 0.1) is 13.8 Å². The van der Waals surface area contributed by atoms with Crippen LogP contribution < -0.4 is 14.2 Å². The molecule has 0 amide bonds. The van der Waals surface area contributed by atoms with Crippen molar-refractivity contribution in [2.45, 2.75) is 13.8 Å². The highest BCUT2D eigenvalue weighted by Gasteiger charge is 2.35. The minimum atomic E-state index is -0.689. The lowest BCUT2D eigenvalue weighted by molar-refractivity contribution is 0.0747. The van der Waals surface area contributed by atoms with Crippen LogP contribution >= 0.6 is 0 Å². The number of methoxy groups -OCH3 is 2. The lowest BCUT2D eigenvalue weighted by atomic mass is 9.84. The fourth-order valence-electron chi connectivity index (χ4n) is 5.02. The predicted octanol–water partition coefficient (Wildman–Crippen LogP) is 4.76. The number of carbonyl (C=O) groups excluding carboxylic acids is 2. The van der Waals surface area contributed by atoms with Crippen molar-refractivity contribution >= 4 is 33.8 Å². The number of aldehydes is 1. The number of hydrogen-bond donors (Lipinski definition) is 3. The normalized spacial score (nSPS) is 12.3. The largest absolute Gasteiger partial charge is 0.507 e. The molecule has 172 valence electrons. The molecular weight excluding hydrogens is 440 g/mol. The van der Waals surface area contributed by atoms with E-state index in [1.807, 2.05) is 0 Å². The first-order valence-corrected chi connectivity index (χ1v) is 10.4. The molecule has 0 unspecified atom stereocenters. The first-order chi connectivity index (χ1) is 16.3. The summed E-state index contributed by atoms with van der Waals surface area (Å²) in [5.74, 6) is -0.801. The van der Waals surface area contributed by atoms with Crippen LogP contribution in [0.2, 0.25) is 0 Å². The van der Waals surface area contributed by atoms with E-state index in [1.54, 1.807) is 26.0 Å². The van der Waals surface area contributed by atoms with Crippen molar-refractivity contribution < 1.29 is 39.1 Å². The lowest BCUT2D eigenvalue weighted by Gasteiger charge is -2.22. The van der Waals surface area contributed by atoms with Crippen LogP contribution in [0.4, 0.5) is 0 Å². The van der Waals surface area contributed by atoms with E-state index in [-0.39, 0.29) is 45.3 Å². The van der Waals surface area contributed by atoms with Gasteiger partial charge in [0.1, 0.15) is 17.1 Å². The minimum Gasteiger partial charge on any atom is -0.507 e. The third kappa shape index (κ3) is 2.53. The number of hydrogen-bond acceptors (Lipinski definition) is 8. The number of carbonyl (C=O) groups is 2. The predicted molar refractivity (Wildman–Crippen MR) is 125 cm³/mol. The minimum absolute atomic E-state index is 0.0333. The second-order valence-corrected chi connectivity index (χ2v) is 8.05. The molecule has 1 heterocycles. The summed E-state index contributed by atoms with van der Waals surface area (Å²) in [7, 11) is 2.85. The molecule has 3 N–H and O–H groups in total. The summed E-state index contributed by atoms with van der Waals surface area (Å²) >= 11 is 0. The fourth-order valence-corrected chi connectivity index (χ4v) is 5.02. The van der Waals surface area contributed by atoms with E-state index in [9.17, 15) is 24.9 Å². The van der Waals surface area contributed by atoms with Gasteiger partial charge in [-0.15, -0.1) is 0 Å². The van der Waals surface area contributed by atoms with Gasteiger partial charge in [0.2, 0.25) is 0 Å². The molecule has 0 fully saturated rings. The number of esters is 1. The first kappa shape index (κ1) is 21.4. The summed E-state index contributed by atoms with van der Waals surface area (Å²) in [6.45, 7) is 3.56. The van der Waals surface area contributed by atoms with Crippen LogP contribution in [-0.4, -0.2) is 41.8 Å². The van der Waals surface area contributed by atoms with Crippen molar-refractivity contribution in [1.29, 1.82) is 0 Å². The molecule has 0 radical (unpaired) electrons. The molecule has 8 nitrogen and oxygen atoms in total. The molecule has 0 spiro atoms. The summed E-state index contributed by atoms with van der Waals surface area (Å²) in [5.41, 5.74) is 2.39. The maximum Gasteiger partial charge on any atom is 0.348 e. The summed E-state index contributed by atoms with van der Waals surface area (Å²) in [6, 6.07) is 6.08. The van der Waals surface area contributed by atoms with Gasteiger partial charge in [-0.05, 0) is 60.0 Å². The number of benzene rings is 4.